The first-order valence-electron chi connectivity index (χ1n) is 16.5. The summed E-state index contributed by atoms with van der Waals surface area (Å²) in [6.07, 6.45) is 18.9. The minimum absolute atomic E-state index is 0.311. The molecule has 256 valence electrons. The average Bonchev–Trinajstić information content (AvgIpc) is 3.43. The predicted molar refractivity (Wildman–Crippen MR) is 194 cm³/mol. The van der Waals surface area contributed by atoms with Crippen molar-refractivity contribution in [2.75, 3.05) is 20.2 Å². The van der Waals surface area contributed by atoms with Gasteiger partial charge in [0.25, 0.3) is 0 Å². The molecule has 47 heavy (non-hydrogen) atoms. The molecule has 7 heteroatoms. The first-order valence-corrected chi connectivity index (χ1v) is 16.9. The molecule has 0 bridgehead atoms. The third kappa shape index (κ3) is 15.3. The van der Waals surface area contributed by atoms with Crippen LogP contribution >= 0.6 is 11.6 Å². The maximum Gasteiger partial charge on any atom is 0.328 e. The molecule has 0 radical (unpaired) electrons. The van der Waals surface area contributed by atoms with Gasteiger partial charge in [-0.15, -0.1) is 0 Å². The summed E-state index contributed by atoms with van der Waals surface area (Å²) in [7, 11) is 2.22. The summed E-state index contributed by atoms with van der Waals surface area (Å²) in [4.78, 5) is 21.6. The normalized spacial score (nSPS) is 19.5. The zero-order valence-electron chi connectivity index (χ0n) is 29.0. The highest BCUT2D eigenvalue weighted by molar-refractivity contribution is 6.30. The summed E-state index contributed by atoms with van der Waals surface area (Å²) in [5.74, 6) is -2.51. The van der Waals surface area contributed by atoms with Crippen LogP contribution in [0.1, 0.15) is 90.7 Å². The van der Waals surface area contributed by atoms with Crippen LogP contribution in [0.2, 0.25) is 5.02 Å². The number of carboxylic acid groups (broad SMARTS) is 2. The molecule has 1 fully saturated rings. The molecule has 4 rings (SSSR count). The quantitative estimate of drug-likeness (QED) is 0.216. The van der Waals surface area contributed by atoms with E-state index in [9.17, 15) is 9.59 Å². The van der Waals surface area contributed by atoms with Crippen molar-refractivity contribution < 1.29 is 24.5 Å². The van der Waals surface area contributed by atoms with Crippen LogP contribution in [-0.4, -0.2) is 53.3 Å². The van der Waals surface area contributed by atoms with Crippen molar-refractivity contribution in [3.63, 3.8) is 0 Å². The molecule has 1 saturated heterocycles. The van der Waals surface area contributed by atoms with E-state index in [1.54, 1.807) is 0 Å². The van der Waals surface area contributed by atoms with E-state index < -0.39 is 17.5 Å². The van der Waals surface area contributed by atoms with Crippen molar-refractivity contribution >= 4 is 23.5 Å². The Morgan fingerprint density at radius 2 is 1.60 bits per heavy atom. The Labute approximate surface area is 287 Å². The highest BCUT2D eigenvalue weighted by Crippen LogP contribution is 2.34. The highest BCUT2D eigenvalue weighted by Gasteiger charge is 2.30. The van der Waals surface area contributed by atoms with Crippen molar-refractivity contribution in [2.24, 2.45) is 5.41 Å². The van der Waals surface area contributed by atoms with Gasteiger partial charge in [-0.2, -0.15) is 0 Å². The van der Waals surface area contributed by atoms with E-state index in [1.807, 2.05) is 18.2 Å². The molecule has 1 aliphatic heterocycles. The lowest BCUT2D eigenvalue weighted by Gasteiger charge is -2.32. The highest BCUT2D eigenvalue weighted by atomic mass is 35.5. The molecule has 6 nitrogen and oxygen atoms in total. The second-order valence-electron chi connectivity index (χ2n) is 13.3. The van der Waals surface area contributed by atoms with Gasteiger partial charge in [-0.05, 0) is 108 Å². The monoisotopic (exact) mass is 663 g/mol. The van der Waals surface area contributed by atoms with E-state index in [0.717, 1.165) is 36.5 Å². The number of allylic oxidation sites excluding steroid dienone is 6. The van der Waals surface area contributed by atoms with Gasteiger partial charge in [-0.25, -0.2) is 9.59 Å². The number of aliphatic carboxylic acids is 2. The zero-order valence-corrected chi connectivity index (χ0v) is 29.8. The fraction of sp³-hybridized carbons (Fsp3) is 0.450. The summed E-state index contributed by atoms with van der Waals surface area (Å²) in [5, 5.41) is 16.4. The van der Waals surface area contributed by atoms with Crippen LogP contribution < -0.4 is 0 Å². The van der Waals surface area contributed by atoms with Gasteiger partial charge in [0.05, 0.1) is 0 Å². The van der Waals surface area contributed by atoms with Crippen LogP contribution in [0, 0.1) is 5.41 Å². The Morgan fingerprint density at radius 3 is 2.17 bits per heavy atom. The molecule has 0 aromatic heterocycles. The standard InChI is InChI=1S/C21H26ClNO.C15H24.C4H4O4/c1-21(17-7-4-3-5-8-17,18-10-12-19(22)13-11-18)24-16-14-20-9-6-15-23(20)2;1-13-7-5-8-14(2)10-12-15(3,4)11-6-9-13;5-3(6)1-2-4(7)8/h3-5,7-8,10-13,20H,6,9,14-16H2,1-2H3;6-7,10-11H,5,8-9,12H2,1-4H3;1-2H,(H,5,6)(H,7,8). The average molecular weight is 664 g/mol. The van der Waals surface area contributed by atoms with Crippen LogP contribution in [-0.2, 0) is 19.9 Å². The van der Waals surface area contributed by atoms with Crippen molar-refractivity contribution in [1.29, 1.82) is 0 Å². The van der Waals surface area contributed by atoms with Gasteiger partial charge in [0.15, 0.2) is 0 Å². The van der Waals surface area contributed by atoms with Crippen molar-refractivity contribution in [3.05, 3.63) is 118 Å². The SMILES string of the molecule is CC1=CCCC(C)=CCC(C)(C)C=CC1.CN1CCCC1CCOC(C)(c1ccccc1)c1ccc(Cl)cc1.O=C(O)C=CC(=O)O. The summed E-state index contributed by atoms with van der Waals surface area (Å²) in [5.41, 5.74) is 5.19. The number of hydrogen-bond acceptors (Lipinski definition) is 4. The summed E-state index contributed by atoms with van der Waals surface area (Å²) < 4.78 is 6.48. The fourth-order valence-electron chi connectivity index (χ4n) is 5.54. The lowest BCUT2D eigenvalue weighted by Crippen LogP contribution is -2.31. The molecule has 2 aromatic carbocycles. The third-order valence-electron chi connectivity index (χ3n) is 8.62. The zero-order chi connectivity index (χ0) is 34.9. The Hall–Kier alpha value is -3.45. The molecule has 1 heterocycles. The Morgan fingerprint density at radius 1 is 0.979 bits per heavy atom. The second-order valence-corrected chi connectivity index (χ2v) is 13.7. The minimum atomic E-state index is -1.26. The first-order chi connectivity index (χ1) is 22.2. The molecule has 2 atom stereocenters. The molecule has 2 aliphatic rings. The lowest BCUT2D eigenvalue weighted by atomic mass is 9.87. The van der Waals surface area contributed by atoms with Gasteiger partial charge in [-0.1, -0.05) is 103 Å². The molecule has 2 aromatic rings. The van der Waals surface area contributed by atoms with Crippen molar-refractivity contribution in [1.82, 2.24) is 4.90 Å². The maximum absolute atomic E-state index is 9.55. The number of hydrogen-bond donors (Lipinski definition) is 2. The lowest BCUT2D eigenvalue weighted by molar-refractivity contribution is -0.134. The van der Waals surface area contributed by atoms with Gasteiger partial charge in [0, 0.05) is 29.8 Å². The van der Waals surface area contributed by atoms with E-state index in [2.05, 4.69) is 107 Å². The third-order valence-corrected chi connectivity index (χ3v) is 8.87. The number of likely N-dealkylation sites (tertiary alicyclic amines) is 1. The summed E-state index contributed by atoms with van der Waals surface area (Å²) in [6, 6.07) is 19.1. The van der Waals surface area contributed by atoms with Crippen LogP contribution in [0.4, 0.5) is 0 Å². The molecule has 0 spiro atoms. The number of carbonyl (C=O) groups is 2. The summed E-state index contributed by atoms with van der Waals surface area (Å²) in [6.45, 7) is 13.2. The first kappa shape index (κ1) is 39.7. The van der Waals surface area contributed by atoms with Gasteiger partial charge in [0.1, 0.15) is 5.60 Å². The topological polar surface area (TPSA) is 87.1 Å². The Kier molecular flexibility index (Phi) is 16.9. The molecule has 0 saturated carbocycles. The van der Waals surface area contributed by atoms with E-state index in [-0.39, 0.29) is 0 Å². The van der Waals surface area contributed by atoms with Crippen LogP contribution in [0.15, 0.2) is 102 Å². The molecule has 0 amide bonds. The molecule has 2 unspecified atom stereocenters. The van der Waals surface area contributed by atoms with E-state index >= 15 is 0 Å². The number of halogens is 1. The smallest absolute Gasteiger partial charge is 0.328 e. The largest absolute Gasteiger partial charge is 0.478 e. The van der Waals surface area contributed by atoms with E-state index in [1.165, 1.54) is 48.9 Å². The number of carboxylic acids is 2. The van der Waals surface area contributed by atoms with E-state index in [4.69, 9.17) is 26.6 Å². The molecular weight excluding hydrogens is 610 g/mol. The number of ether oxygens (including phenoxy) is 1. The van der Waals surface area contributed by atoms with Crippen molar-refractivity contribution in [2.45, 2.75) is 91.2 Å². The van der Waals surface area contributed by atoms with E-state index in [0.29, 0.717) is 23.6 Å². The number of benzene rings is 2. The molecule has 1 aliphatic carbocycles. The minimum Gasteiger partial charge on any atom is -0.478 e. The Balaban J connectivity index is 0.000000285. The van der Waals surface area contributed by atoms with Crippen LogP contribution in [0.3, 0.4) is 0 Å². The molecular formula is C40H54ClNO5. The van der Waals surface area contributed by atoms with Gasteiger partial charge >= 0.3 is 11.9 Å². The summed E-state index contributed by atoms with van der Waals surface area (Å²) >= 11 is 6.07. The van der Waals surface area contributed by atoms with Gasteiger partial charge in [0.2, 0.25) is 0 Å². The Bertz CT molecular complexity index is 1360. The van der Waals surface area contributed by atoms with Crippen LogP contribution in [0.25, 0.3) is 0 Å². The van der Waals surface area contributed by atoms with Gasteiger partial charge in [-0.3, -0.25) is 0 Å². The predicted octanol–water partition coefficient (Wildman–Crippen LogP) is 9.85. The van der Waals surface area contributed by atoms with Crippen LogP contribution in [0.5, 0.6) is 0 Å². The molecule has 2 N–H and O–H groups in total. The number of rotatable bonds is 8. The number of nitrogens with zero attached hydrogens (tertiary/aromatic N) is 1. The second kappa shape index (κ2) is 20.0. The maximum atomic E-state index is 9.55. The van der Waals surface area contributed by atoms with Gasteiger partial charge < -0.3 is 19.8 Å². The van der Waals surface area contributed by atoms with Crippen molar-refractivity contribution in [3.8, 4) is 0 Å². The fourth-order valence-corrected chi connectivity index (χ4v) is 5.67.